The molecule has 0 amide bonds. The third-order valence-electron chi connectivity index (χ3n) is 3.14. The minimum absolute atomic E-state index is 0. The fraction of sp³-hybridized carbons (Fsp3) is 0.800. The van der Waals surface area contributed by atoms with Crippen LogP contribution >= 0.6 is 0 Å². The van der Waals surface area contributed by atoms with Crippen molar-refractivity contribution in [3.8, 4) is 0 Å². The van der Waals surface area contributed by atoms with Crippen LogP contribution in [0.5, 0.6) is 0 Å². The van der Waals surface area contributed by atoms with Gasteiger partial charge in [0.05, 0.1) is 0 Å². The van der Waals surface area contributed by atoms with Gasteiger partial charge in [-0.3, -0.25) is 0 Å². The third-order valence-corrected chi connectivity index (χ3v) is 6.72. The molecule has 0 unspecified atom stereocenters. The Hall–Kier alpha value is 0.586. The number of rotatable bonds is 7. The minimum atomic E-state index is -2.94. The van der Waals surface area contributed by atoms with Crippen LogP contribution in [-0.4, -0.2) is 50.0 Å². The molecule has 3 nitrogen and oxygen atoms in total. The smallest absolute Gasteiger partial charge is 4.00 e. The van der Waals surface area contributed by atoms with E-state index in [9.17, 15) is 3.50 Å². The summed E-state index contributed by atoms with van der Waals surface area (Å²) >= 11 is -2.94. The van der Waals surface area contributed by atoms with Crippen LogP contribution < -0.4 is 4.40 Å². The van der Waals surface area contributed by atoms with Gasteiger partial charge >= 0.3 is 83.6 Å². The summed E-state index contributed by atoms with van der Waals surface area (Å²) in [5.74, 6) is 3.49. The van der Waals surface area contributed by atoms with Gasteiger partial charge in [-0.05, 0) is 0 Å². The van der Waals surface area contributed by atoms with E-state index in [1.54, 1.807) is 11.5 Å². The van der Waals surface area contributed by atoms with Crippen LogP contribution in [0.4, 0.5) is 3.50 Å². The molecule has 0 bridgehead atoms. The second-order valence-corrected chi connectivity index (χ2v) is 17.0. The minimum Gasteiger partial charge on any atom is 4.00 e. The van der Waals surface area contributed by atoms with Crippen molar-refractivity contribution in [2.24, 2.45) is 0 Å². The van der Waals surface area contributed by atoms with E-state index >= 15 is 0 Å². The SMILES string of the molecule is CC(C)[N-]C(C)C.CC(C)[N-]C(C)C.CC(C)[N-]C(C)C.[CH3][Ge]([CH3])([F])[c-]1cccc1.[Zr+4]. The van der Waals surface area contributed by atoms with Crippen molar-refractivity contribution in [3.05, 3.63) is 40.2 Å². The summed E-state index contributed by atoms with van der Waals surface area (Å²) < 4.78 is 14.1. The quantitative estimate of drug-likeness (QED) is 0.231. The molecule has 31 heavy (non-hydrogen) atoms. The molecule has 0 atom stereocenters. The first-order valence-corrected chi connectivity index (χ1v) is 17.5. The summed E-state index contributed by atoms with van der Waals surface area (Å²) in [5.41, 5.74) is 0. The van der Waals surface area contributed by atoms with Gasteiger partial charge in [0.25, 0.3) is 0 Å². The maximum absolute atomic E-state index is 13.1. The van der Waals surface area contributed by atoms with Crippen molar-refractivity contribution in [1.29, 1.82) is 0 Å². The van der Waals surface area contributed by atoms with Crippen molar-refractivity contribution in [1.82, 2.24) is 0 Å². The average molecular weight is 578 g/mol. The molecule has 0 N–H and O–H groups in total. The summed E-state index contributed by atoms with van der Waals surface area (Å²) in [4.78, 5) is 0. The Morgan fingerprint density at radius 2 is 0.742 bits per heavy atom. The molecule has 0 spiro atoms. The van der Waals surface area contributed by atoms with E-state index in [4.69, 9.17) is 0 Å². The molecule has 0 aliphatic heterocycles. The second kappa shape index (κ2) is 22.4. The summed E-state index contributed by atoms with van der Waals surface area (Å²) in [6, 6.07) is 10.5. The van der Waals surface area contributed by atoms with Crippen LogP contribution in [0, 0.1) is 0 Å². The summed E-state index contributed by atoms with van der Waals surface area (Å²) in [5, 5.41) is 12.8. The number of hydrogen-bond acceptors (Lipinski definition) is 0. The van der Waals surface area contributed by atoms with Gasteiger partial charge in [-0.15, -0.1) is 36.3 Å². The standard InChI is InChI=1S/C7H10FGe.3C6H14N.Zr/c1-9(2,8)7-5-3-4-6-7;3*1-5(2)7-6(3)4;/h3-6H,1-2H3;3*5-6H,1-4H3;/q4*-1;+4. The van der Waals surface area contributed by atoms with Gasteiger partial charge in [0.15, 0.2) is 0 Å². The van der Waals surface area contributed by atoms with Gasteiger partial charge in [-0.25, -0.2) is 0 Å². The second-order valence-electron chi connectivity index (χ2n) is 9.66. The molecule has 1 rings (SSSR count). The molecular formula is C25H52FGeN3Zr. The predicted molar refractivity (Wildman–Crippen MR) is 141 cm³/mol. The van der Waals surface area contributed by atoms with Gasteiger partial charge in [0.1, 0.15) is 0 Å². The zero-order chi connectivity index (χ0) is 24.5. The number of halogens is 1. The fourth-order valence-electron chi connectivity index (χ4n) is 2.56. The zero-order valence-corrected chi connectivity index (χ0v) is 27.5. The monoisotopic (exact) mass is 577 g/mol. The topological polar surface area (TPSA) is 42.3 Å². The van der Waals surface area contributed by atoms with Crippen molar-refractivity contribution >= 4 is 18.1 Å². The fourth-order valence-corrected chi connectivity index (χ4v) is 4.63. The molecule has 0 aliphatic carbocycles. The van der Waals surface area contributed by atoms with E-state index in [-0.39, 0.29) is 26.2 Å². The molecule has 0 radical (unpaired) electrons. The molecule has 0 fully saturated rings. The van der Waals surface area contributed by atoms with Crippen molar-refractivity contribution in [2.75, 3.05) is 0 Å². The Labute approximate surface area is 217 Å². The molecule has 0 saturated heterocycles. The van der Waals surface area contributed by atoms with E-state index < -0.39 is 13.7 Å². The normalized spacial score (nSPS) is 11.0. The van der Waals surface area contributed by atoms with E-state index in [1.807, 2.05) is 24.3 Å². The molecule has 1 aromatic rings. The van der Waals surface area contributed by atoms with Crippen molar-refractivity contribution < 1.29 is 29.7 Å². The maximum Gasteiger partial charge on any atom is 4.00 e. The van der Waals surface area contributed by atoms with Gasteiger partial charge < -0.3 is 16.0 Å². The Morgan fingerprint density at radius 1 is 0.548 bits per heavy atom. The van der Waals surface area contributed by atoms with Crippen LogP contribution in [-0.2, 0) is 26.2 Å². The van der Waals surface area contributed by atoms with Gasteiger partial charge in [-0.2, -0.15) is 0 Å². The van der Waals surface area contributed by atoms with E-state index in [1.165, 1.54) is 0 Å². The Morgan fingerprint density at radius 3 is 0.806 bits per heavy atom. The molecule has 6 heteroatoms. The molecule has 182 valence electrons. The van der Waals surface area contributed by atoms with Crippen LogP contribution in [0.3, 0.4) is 0 Å². The average Bonchev–Trinajstić information content (AvgIpc) is 2.98. The first-order valence-electron chi connectivity index (χ1n) is 11.5. The largest absolute Gasteiger partial charge is 4.00 e. The molecule has 0 aliphatic rings. The van der Waals surface area contributed by atoms with E-state index in [0.717, 1.165) is 4.40 Å². The first-order chi connectivity index (χ1) is 13.5. The maximum atomic E-state index is 13.1. The van der Waals surface area contributed by atoms with Gasteiger partial charge in [0, 0.05) is 0 Å². The Bertz CT molecular complexity index is 403. The third kappa shape index (κ3) is 38.2. The molecular weight excluding hydrogens is 525 g/mol. The van der Waals surface area contributed by atoms with Gasteiger partial charge in [0.2, 0.25) is 0 Å². The predicted octanol–water partition coefficient (Wildman–Crippen LogP) is 8.32. The van der Waals surface area contributed by atoms with Crippen LogP contribution in [0.15, 0.2) is 24.3 Å². The molecule has 0 heterocycles. The van der Waals surface area contributed by atoms with Crippen LogP contribution in [0.2, 0.25) is 11.5 Å². The Balaban J connectivity index is -0.000000156. The van der Waals surface area contributed by atoms with Crippen molar-refractivity contribution in [3.63, 3.8) is 0 Å². The molecule has 0 saturated carbocycles. The first kappa shape index (κ1) is 38.8. The Kier molecular flexibility index (Phi) is 28.0. The summed E-state index contributed by atoms with van der Waals surface area (Å²) in [6.45, 7) is 25.2. The molecule has 1 aromatic carbocycles. The van der Waals surface area contributed by atoms with E-state index in [2.05, 4.69) is 99.0 Å². The van der Waals surface area contributed by atoms with Gasteiger partial charge in [-0.1, -0.05) is 83.1 Å². The summed E-state index contributed by atoms with van der Waals surface area (Å²) in [6.07, 6.45) is 0. The van der Waals surface area contributed by atoms with E-state index in [0.29, 0.717) is 36.3 Å². The van der Waals surface area contributed by atoms with Crippen LogP contribution in [0.1, 0.15) is 83.1 Å². The number of nitrogens with zero attached hydrogens (tertiary/aromatic N) is 3. The molecule has 0 aromatic heterocycles. The summed E-state index contributed by atoms with van der Waals surface area (Å²) in [7, 11) is 0. The van der Waals surface area contributed by atoms with Crippen LogP contribution in [0.25, 0.3) is 16.0 Å². The zero-order valence-electron chi connectivity index (χ0n) is 23.0. The van der Waals surface area contributed by atoms with Crippen molar-refractivity contribution in [2.45, 2.75) is 131 Å². The number of hydrogen-bond donors (Lipinski definition) is 0.